The van der Waals surface area contributed by atoms with Gasteiger partial charge >= 0.3 is 12.1 Å². The summed E-state index contributed by atoms with van der Waals surface area (Å²) in [4.78, 5) is 15.7. The molecule has 0 unspecified atom stereocenters. The number of carboxylic acid groups (broad SMARTS) is 1. The molecule has 0 bridgehead atoms. The number of alkyl halides is 3. The molecule has 0 fully saturated rings. The molecular formula is C32H26F4N6O3. The fourth-order valence-electron chi connectivity index (χ4n) is 4.92. The summed E-state index contributed by atoms with van der Waals surface area (Å²) in [5.74, 6) is -1.86. The SMILES string of the molecule is Cc1cc(OCCCn2ccc(C#N)n2)ccc1CCc1ccc(F)cc1-c1cccc(-n2ncc(C(=O)O)c2C(F)(F)F)n1. The number of nitriles is 1. The Kier molecular flexibility index (Phi) is 8.94. The van der Waals surface area contributed by atoms with E-state index >= 15 is 0 Å². The van der Waals surface area contributed by atoms with Gasteiger partial charge in [-0.25, -0.2) is 18.9 Å². The van der Waals surface area contributed by atoms with Gasteiger partial charge < -0.3 is 9.84 Å². The van der Waals surface area contributed by atoms with Crippen LogP contribution in [0.25, 0.3) is 17.1 Å². The van der Waals surface area contributed by atoms with E-state index in [4.69, 9.17) is 10.00 Å². The van der Waals surface area contributed by atoms with Crippen LogP contribution in [0.1, 0.15) is 44.9 Å². The molecule has 2 aromatic carbocycles. The molecule has 3 aromatic heterocycles. The van der Waals surface area contributed by atoms with E-state index in [2.05, 4.69) is 15.2 Å². The molecule has 0 spiro atoms. The van der Waals surface area contributed by atoms with Crippen LogP contribution in [0.5, 0.6) is 5.75 Å². The molecule has 5 rings (SSSR count). The number of rotatable bonds is 11. The van der Waals surface area contributed by atoms with Crippen molar-refractivity contribution in [2.45, 2.75) is 38.9 Å². The molecule has 0 atom stereocenters. The predicted octanol–water partition coefficient (Wildman–Crippen LogP) is 6.42. The summed E-state index contributed by atoms with van der Waals surface area (Å²) in [5.41, 5.74) is 1.26. The molecule has 0 radical (unpaired) electrons. The molecule has 230 valence electrons. The topological polar surface area (TPSA) is 119 Å². The van der Waals surface area contributed by atoms with Crippen LogP contribution in [0, 0.1) is 24.1 Å². The van der Waals surface area contributed by atoms with Crippen molar-refractivity contribution < 1.29 is 32.2 Å². The first-order valence-corrected chi connectivity index (χ1v) is 13.8. The summed E-state index contributed by atoms with van der Waals surface area (Å²) in [6.45, 7) is 3.04. The van der Waals surface area contributed by atoms with Gasteiger partial charge in [0.15, 0.2) is 17.2 Å². The number of aryl methyl sites for hydroxylation is 4. The van der Waals surface area contributed by atoms with Crippen molar-refractivity contribution in [3.8, 4) is 28.9 Å². The molecule has 13 heteroatoms. The van der Waals surface area contributed by atoms with Crippen LogP contribution in [-0.2, 0) is 25.6 Å². The number of carboxylic acids is 1. The van der Waals surface area contributed by atoms with E-state index in [-0.39, 0.29) is 11.5 Å². The minimum absolute atomic E-state index is 0.210. The molecule has 9 nitrogen and oxygen atoms in total. The van der Waals surface area contributed by atoms with Gasteiger partial charge in [0.25, 0.3) is 0 Å². The fourth-order valence-corrected chi connectivity index (χ4v) is 4.92. The summed E-state index contributed by atoms with van der Waals surface area (Å²) in [6.07, 6.45) is -0.863. The normalized spacial score (nSPS) is 11.4. The number of carbonyl (C=O) groups is 1. The molecular weight excluding hydrogens is 592 g/mol. The Morgan fingerprint density at radius 3 is 2.56 bits per heavy atom. The van der Waals surface area contributed by atoms with E-state index in [9.17, 15) is 27.5 Å². The van der Waals surface area contributed by atoms with Crippen LogP contribution in [0.15, 0.2) is 73.1 Å². The second-order valence-corrected chi connectivity index (χ2v) is 10.2. The number of aromatic nitrogens is 5. The number of benzene rings is 2. The molecule has 5 aromatic rings. The molecule has 0 amide bonds. The molecule has 45 heavy (non-hydrogen) atoms. The van der Waals surface area contributed by atoms with Crippen molar-refractivity contribution in [2.24, 2.45) is 0 Å². The van der Waals surface area contributed by atoms with Crippen LogP contribution in [0.4, 0.5) is 17.6 Å². The van der Waals surface area contributed by atoms with Gasteiger partial charge in [-0.05, 0) is 78.9 Å². The van der Waals surface area contributed by atoms with Crippen molar-refractivity contribution >= 4 is 5.97 Å². The van der Waals surface area contributed by atoms with E-state index < -0.39 is 29.2 Å². The van der Waals surface area contributed by atoms with E-state index in [1.807, 2.05) is 31.2 Å². The standard InChI is InChI=1S/C32H26F4N6O3/c1-20-16-25(45-15-3-13-41-14-12-24(18-37)40-41)11-9-21(20)6-7-22-8-10-23(33)17-26(22)28-4-2-5-29(39-28)42-30(32(34,35)36)27(19-38-42)31(43)44/h2,4-5,8-12,14,16-17,19H,3,6-7,13,15H2,1H3,(H,43,44). The van der Waals surface area contributed by atoms with Crippen molar-refractivity contribution in [2.75, 3.05) is 6.61 Å². The van der Waals surface area contributed by atoms with E-state index in [0.717, 1.165) is 16.7 Å². The van der Waals surface area contributed by atoms with Crippen LogP contribution in [0.2, 0.25) is 0 Å². The zero-order valence-corrected chi connectivity index (χ0v) is 23.9. The van der Waals surface area contributed by atoms with Gasteiger partial charge in [-0.2, -0.15) is 28.6 Å². The van der Waals surface area contributed by atoms with Gasteiger partial charge in [0.05, 0.1) is 18.5 Å². The lowest BCUT2D eigenvalue weighted by Gasteiger charge is -2.14. The Bertz CT molecular complexity index is 1890. The van der Waals surface area contributed by atoms with Crippen molar-refractivity contribution in [1.29, 1.82) is 5.26 Å². The maximum atomic E-state index is 14.4. The Hall–Kier alpha value is -5.51. The summed E-state index contributed by atoms with van der Waals surface area (Å²) >= 11 is 0. The fraction of sp³-hybridized carbons (Fsp3) is 0.219. The van der Waals surface area contributed by atoms with Crippen LogP contribution < -0.4 is 4.74 Å². The molecule has 0 saturated heterocycles. The molecule has 3 heterocycles. The number of halogens is 4. The number of hydrogen-bond acceptors (Lipinski definition) is 6. The Labute approximate surface area is 255 Å². The summed E-state index contributed by atoms with van der Waals surface area (Å²) in [7, 11) is 0. The average Bonchev–Trinajstić information content (AvgIpc) is 3.67. The highest BCUT2D eigenvalue weighted by atomic mass is 19.4. The van der Waals surface area contributed by atoms with E-state index in [1.54, 1.807) is 29.1 Å². The molecule has 1 N–H and O–H groups in total. The number of pyridine rings is 1. The third kappa shape index (κ3) is 7.18. The predicted molar refractivity (Wildman–Crippen MR) is 154 cm³/mol. The van der Waals surface area contributed by atoms with Crippen LogP contribution in [0.3, 0.4) is 0 Å². The first-order chi connectivity index (χ1) is 21.5. The third-order valence-electron chi connectivity index (χ3n) is 7.10. The van der Waals surface area contributed by atoms with Gasteiger partial charge in [-0.1, -0.05) is 18.2 Å². The minimum atomic E-state index is -5.01. The summed E-state index contributed by atoms with van der Waals surface area (Å²) in [6, 6.07) is 17.9. The number of hydrogen-bond donors (Lipinski definition) is 1. The first kappa shape index (κ1) is 30.9. The van der Waals surface area contributed by atoms with E-state index in [0.29, 0.717) is 60.3 Å². The lowest BCUT2D eigenvalue weighted by atomic mass is 9.95. The van der Waals surface area contributed by atoms with Gasteiger partial charge in [-0.15, -0.1) is 0 Å². The van der Waals surface area contributed by atoms with Crippen molar-refractivity contribution in [1.82, 2.24) is 24.5 Å². The van der Waals surface area contributed by atoms with Crippen molar-refractivity contribution in [3.05, 3.63) is 113 Å². The summed E-state index contributed by atoms with van der Waals surface area (Å²) < 4.78 is 63.7. The zero-order valence-electron chi connectivity index (χ0n) is 23.9. The van der Waals surface area contributed by atoms with Crippen molar-refractivity contribution in [3.63, 3.8) is 0 Å². The smallest absolute Gasteiger partial charge is 0.434 e. The Morgan fingerprint density at radius 2 is 1.84 bits per heavy atom. The minimum Gasteiger partial charge on any atom is -0.494 e. The van der Waals surface area contributed by atoms with Gasteiger partial charge in [-0.3, -0.25) is 4.68 Å². The highest BCUT2D eigenvalue weighted by molar-refractivity contribution is 5.89. The second-order valence-electron chi connectivity index (χ2n) is 10.2. The maximum absolute atomic E-state index is 14.4. The number of ether oxygens (including phenoxy) is 1. The second kappa shape index (κ2) is 13.0. The molecule has 0 saturated carbocycles. The quantitative estimate of drug-likeness (QED) is 0.134. The van der Waals surface area contributed by atoms with E-state index in [1.165, 1.54) is 24.3 Å². The van der Waals surface area contributed by atoms with Gasteiger partial charge in [0.2, 0.25) is 0 Å². The number of nitrogens with zero attached hydrogens (tertiary/aromatic N) is 6. The molecule has 0 aliphatic heterocycles. The maximum Gasteiger partial charge on any atom is 0.434 e. The highest BCUT2D eigenvalue weighted by Crippen LogP contribution is 2.34. The van der Waals surface area contributed by atoms with Gasteiger partial charge in [0.1, 0.15) is 23.2 Å². The summed E-state index contributed by atoms with van der Waals surface area (Å²) in [5, 5.41) is 25.9. The molecule has 0 aliphatic rings. The lowest BCUT2D eigenvalue weighted by Crippen LogP contribution is -2.18. The van der Waals surface area contributed by atoms with Crippen LogP contribution in [-0.4, -0.2) is 42.2 Å². The van der Waals surface area contributed by atoms with Gasteiger partial charge in [0, 0.05) is 24.7 Å². The molecule has 0 aliphatic carbocycles. The zero-order chi connectivity index (χ0) is 32.1. The Morgan fingerprint density at radius 1 is 1.07 bits per heavy atom. The first-order valence-electron chi connectivity index (χ1n) is 13.8. The third-order valence-corrected chi connectivity index (χ3v) is 7.10. The highest BCUT2D eigenvalue weighted by Gasteiger charge is 2.41. The monoisotopic (exact) mass is 618 g/mol. The van der Waals surface area contributed by atoms with Crippen LogP contribution >= 0.6 is 0 Å². The largest absolute Gasteiger partial charge is 0.494 e. The lowest BCUT2D eigenvalue weighted by molar-refractivity contribution is -0.143. The Balaban J connectivity index is 1.30. The number of aromatic carboxylic acids is 1. The average molecular weight is 619 g/mol.